The topological polar surface area (TPSA) is 27.7 Å². The number of unbranched alkanes of at least 4 members (excludes halogenated alkanes) is 2. The number of benzene rings is 3. The Labute approximate surface area is 226 Å². The molecule has 1 aliphatic heterocycles. The van der Waals surface area contributed by atoms with E-state index in [1.807, 2.05) is 0 Å². The fraction of sp³-hybridized carbons (Fsp3) is 0.312. The van der Waals surface area contributed by atoms with E-state index in [4.69, 9.17) is 14.2 Å². The van der Waals surface area contributed by atoms with Crippen LogP contribution in [0.2, 0.25) is 0 Å². The monoisotopic (exact) mass is 538 g/mol. The molecular weight excluding hydrogens is 508 g/mol. The van der Waals surface area contributed by atoms with E-state index in [-0.39, 0.29) is 41.3 Å². The molecule has 1 saturated heterocycles. The summed E-state index contributed by atoms with van der Waals surface area (Å²) in [6, 6.07) is 11.7. The van der Waals surface area contributed by atoms with Crippen LogP contribution in [0.25, 0.3) is 22.3 Å². The van der Waals surface area contributed by atoms with E-state index in [2.05, 4.69) is 25.3 Å². The third kappa shape index (κ3) is 6.89. The molecule has 0 N–H and O–H groups in total. The zero-order valence-electron chi connectivity index (χ0n) is 21.7. The average Bonchev–Trinajstić information content (AvgIpc) is 2.96. The molecule has 0 spiro atoms. The van der Waals surface area contributed by atoms with Crippen LogP contribution in [0, 0.1) is 41.0 Å². The highest BCUT2D eigenvalue weighted by molar-refractivity contribution is 5.72. The van der Waals surface area contributed by atoms with Crippen molar-refractivity contribution in [3.05, 3.63) is 90.0 Å². The SMILES string of the molecule is C=CCOc1ccc(-c2ccc(-c3ccc(C#CC4COC(CCCCC)OC4)c(F)c3F)cc2)c(F)c1F. The van der Waals surface area contributed by atoms with E-state index in [0.29, 0.717) is 24.3 Å². The second-order valence-electron chi connectivity index (χ2n) is 9.26. The lowest BCUT2D eigenvalue weighted by Crippen LogP contribution is -2.31. The number of ether oxygens (including phenoxy) is 3. The van der Waals surface area contributed by atoms with Gasteiger partial charge in [0.15, 0.2) is 29.5 Å². The Morgan fingerprint density at radius 2 is 1.46 bits per heavy atom. The number of rotatable bonds is 9. The molecule has 3 aromatic carbocycles. The molecule has 1 aliphatic rings. The summed E-state index contributed by atoms with van der Waals surface area (Å²) < 4.78 is 75.3. The van der Waals surface area contributed by atoms with Crippen LogP contribution in [-0.4, -0.2) is 26.1 Å². The first-order valence-corrected chi connectivity index (χ1v) is 13.0. The smallest absolute Gasteiger partial charge is 0.201 e. The van der Waals surface area contributed by atoms with Gasteiger partial charge in [-0.15, -0.1) is 0 Å². The molecule has 3 nitrogen and oxygen atoms in total. The minimum Gasteiger partial charge on any atom is -0.486 e. The first-order chi connectivity index (χ1) is 18.9. The van der Waals surface area contributed by atoms with Crippen molar-refractivity contribution < 1.29 is 31.8 Å². The van der Waals surface area contributed by atoms with Crippen LogP contribution >= 0.6 is 0 Å². The Kier molecular flexibility index (Phi) is 9.80. The lowest BCUT2D eigenvalue weighted by molar-refractivity contribution is -0.194. The molecule has 39 heavy (non-hydrogen) atoms. The minimum atomic E-state index is -1.11. The van der Waals surface area contributed by atoms with Gasteiger partial charge in [0, 0.05) is 11.1 Å². The van der Waals surface area contributed by atoms with Gasteiger partial charge in [0.25, 0.3) is 0 Å². The van der Waals surface area contributed by atoms with Crippen molar-refractivity contribution in [2.45, 2.75) is 38.9 Å². The molecular formula is C32H30F4O3. The van der Waals surface area contributed by atoms with Crippen molar-refractivity contribution >= 4 is 0 Å². The van der Waals surface area contributed by atoms with E-state index in [1.54, 1.807) is 0 Å². The van der Waals surface area contributed by atoms with Crippen LogP contribution in [-0.2, 0) is 9.47 Å². The van der Waals surface area contributed by atoms with Crippen molar-refractivity contribution in [3.63, 3.8) is 0 Å². The highest BCUT2D eigenvalue weighted by Gasteiger charge is 2.21. The summed E-state index contributed by atoms with van der Waals surface area (Å²) in [5, 5.41) is 0. The van der Waals surface area contributed by atoms with Gasteiger partial charge < -0.3 is 14.2 Å². The second kappa shape index (κ2) is 13.5. The van der Waals surface area contributed by atoms with Gasteiger partial charge in [-0.3, -0.25) is 0 Å². The summed E-state index contributed by atoms with van der Waals surface area (Å²) in [6.45, 7) is 6.41. The van der Waals surface area contributed by atoms with E-state index in [0.717, 1.165) is 25.7 Å². The summed E-state index contributed by atoms with van der Waals surface area (Å²) in [6.07, 6.45) is 5.30. The molecule has 0 aromatic heterocycles. The highest BCUT2D eigenvalue weighted by Crippen LogP contribution is 2.32. The standard InChI is InChI=1S/C32H30F4O3/c1-3-5-6-7-28-38-19-21(20-39-28)8-9-24-14-15-25(30(34)29(24)33)22-10-12-23(13-11-22)26-16-17-27(37-18-4-2)32(36)31(26)35/h4,10-17,21,28H,2-3,5-7,18-20H2,1H3. The number of hydrogen-bond donors (Lipinski definition) is 0. The predicted octanol–water partition coefficient (Wildman–Crippen LogP) is 8.06. The van der Waals surface area contributed by atoms with Crippen LogP contribution in [0.5, 0.6) is 5.75 Å². The Morgan fingerprint density at radius 3 is 2.08 bits per heavy atom. The van der Waals surface area contributed by atoms with Crippen molar-refractivity contribution in [2.75, 3.05) is 19.8 Å². The molecule has 1 heterocycles. The van der Waals surface area contributed by atoms with Gasteiger partial charge in [-0.25, -0.2) is 13.2 Å². The molecule has 4 rings (SSSR count). The Bertz CT molecular complexity index is 1350. The van der Waals surface area contributed by atoms with E-state index in [1.165, 1.54) is 54.6 Å². The molecule has 1 fully saturated rings. The summed E-state index contributed by atoms with van der Waals surface area (Å²) in [7, 11) is 0. The van der Waals surface area contributed by atoms with E-state index in [9.17, 15) is 17.6 Å². The first-order valence-electron chi connectivity index (χ1n) is 13.0. The lowest BCUT2D eigenvalue weighted by atomic mass is 9.98. The molecule has 0 radical (unpaired) electrons. The molecule has 0 bridgehead atoms. The van der Waals surface area contributed by atoms with Gasteiger partial charge in [-0.05, 0) is 48.2 Å². The predicted molar refractivity (Wildman–Crippen MR) is 143 cm³/mol. The Balaban J connectivity index is 1.45. The third-order valence-electron chi connectivity index (χ3n) is 6.41. The highest BCUT2D eigenvalue weighted by atomic mass is 19.2. The molecule has 204 valence electrons. The zero-order valence-corrected chi connectivity index (χ0v) is 21.7. The van der Waals surface area contributed by atoms with Crippen molar-refractivity contribution in [1.29, 1.82) is 0 Å². The van der Waals surface area contributed by atoms with Crippen LogP contribution < -0.4 is 4.74 Å². The quantitative estimate of drug-likeness (QED) is 0.119. The van der Waals surface area contributed by atoms with Gasteiger partial charge in [0.1, 0.15) is 6.61 Å². The van der Waals surface area contributed by atoms with E-state index >= 15 is 0 Å². The Morgan fingerprint density at radius 1 is 0.846 bits per heavy atom. The largest absolute Gasteiger partial charge is 0.486 e. The van der Waals surface area contributed by atoms with Crippen LogP contribution in [0.3, 0.4) is 0 Å². The third-order valence-corrected chi connectivity index (χ3v) is 6.41. The van der Waals surface area contributed by atoms with Crippen LogP contribution in [0.1, 0.15) is 38.2 Å². The van der Waals surface area contributed by atoms with Crippen LogP contribution in [0.4, 0.5) is 17.6 Å². The summed E-state index contributed by atoms with van der Waals surface area (Å²) in [5.41, 5.74) is 0.742. The van der Waals surface area contributed by atoms with Crippen molar-refractivity contribution in [1.82, 2.24) is 0 Å². The average molecular weight is 539 g/mol. The molecule has 0 atom stereocenters. The second-order valence-corrected chi connectivity index (χ2v) is 9.26. The van der Waals surface area contributed by atoms with Gasteiger partial charge in [0.05, 0.1) is 24.7 Å². The lowest BCUT2D eigenvalue weighted by Gasteiger charge is -2.26. The van der Waals surface area contributed by atoms with Gasteiger partial charge >= 0.3 is 0 Å². The maximum absolute atomic E-state index is 15.0. The number of hydrogen-bond acceptors (Lipinski definition) is 3. The van der Waals surface area contributed by atoms with Crippen LogP contribution in [0.15, 0.2) is 61.2 Å². The zero-order chi connectivity index (χ0) is 27.8. The maximum atomic E-state index is 15.0. The molecule has 0 saturated carbocycles. The van der Waals surface area contributed by atoms with Crippen molar-refractivity contribution in [3.8, 4) is 39.8 Å². The maximum Gasteiger partial charge on any atom is 0.201 e. The van der Waals surface area contributed by atoms with Crippen molar-refractivity contribution in [2.24, 2.45) is 5.92 Å². The summed E-state index contributed by atoms with van der Waals surface area (Å²) >= 11 is 0. The molecule has 3 aromatic rings. The van der Waals surface area contributed by atoms with Gasteiger partial charge in [0.2, 0.25) is 5.82 Å². The van der Waals surface area contributed by atoms with Gasteiger partial charge in [-0.1, -0.05) is 68.5 Å². The summed E-state index contributed by atoms with van der Waals surface area (Å²) in [4.78, 5) is 0. The fourth-order valence-corrected chi connectivity index (χ4v) is 4.25. The number of halogens is 4. The molecule has 0 amide bonds. The van der Waals surface area contributed by atoms with Gasteiger partial charge in [-0.2, -0.15) is 4.39 Å². The summed E-state index contributed by atoms with van der Waals surface area (Å²) in [5.74, 6) is 0.915. The Hall–Kier alpha value is -3.60. The molecule has 0 aliphatic carbocycles. The molecule has 0 unspecified atom stereocenters. The first kappa shape index (κ1) is 28.4. The molecule has 7 heteroatoms. The minimum absolute atomic E-state index is 0.0187. The van der Waals surface area contributed by atoms with E-state index < -0.39 is 23.3 Å². The normalized spacial score (nSPS) is 16.8. The fourth-order valence-electron chi connectivity index (χ4n) is 4.25.